The molecule has 0 atom stereocenters. The molecule has 0 N–H and O–H groups in total. The maximum Gasteiger partial charge on any atom is 0.394 e. The molecule has 0 saturated carbocycles. The highest BCUT2D eigenvalue weighted by Crippen LogP contribution is 2.39. The average Bonchev–Trinajstić information content (AvgIpc) is 1.64. The molecule has 10 heteroatoms. The zero-order valence-electron chi connectivity index (χ0n) is 9.19. The predicted octanol–water partition coefficient (Wildman–Crippen LogP) is 6.53. The molecule has 0 aliphatic rings. The molecule has 0 aromatic heterocycles. The molecular weight excluding hydrogens is 368 g/mol. The van der Waals surface area contributed by atoms with Crippen molar-refractivity contribution >= 4 is 58.0 Å². The fraction of sp³-hybridized carbons (Fsp3) is 1.00. The molecule has 0 aliphatic heterocycles. The summed E-state index contributed by atoms with van der Waals surface area (Å²) < 4.78 is 53.9. The third-order valence-corrected chi connectivity index (χ3v) is 1.69. The van der Waals surface area contributed by atoms with Crippen LogP contribution in [0.4, 0.5) is 22.0 Å². The molecule has 0 rings (SSSR count). The van der Waals surface area contributed by atoms with Gasteiger partial charge in [0.2, 0.25) is 0 Å². The lowest BCUT2D eigenvalue weighted by molar-refractivity contribution is -0.182. The van der Waals surface area contributed by atoms with Gasteiger partial charge in [-0.2, -0.15) is 13.2 Å². The summed E-state index contributed by atoms with van der Waals surface area (Å²) in [7, 11) is 0. The second kappa shape index (κ2) is 7.21. The third-order valence-electron chi connectivity index (χ3n) is 1.02. The van der Waals surface area contributed by atoms with Gasteiger partial charge in [0.1, 0.15) is 10.8 Å². The summed E-state index contributed by atoms with van der Waals surface area (Å²) in [5.41, 5.74) is 0. The summed E-state index contributed by atoms with van der Waals surface area (Å²) in [6, 6.07) is 0. The largest absolute Gasteiger partial charge is 0.394 e. The quantitative estimate of drug-likeness (QED) is 0.378. The van der Waals surface area contributed by atoms with Gasteiger partial charge in [-0.05, 0) is 13.8 Å². The monoisotopic (exact) mass is 376 g/mol. The fourth-order valence-corrected chi connectivity index (χ4v) is 2.32. The van der Waals surface area contributed by atoms with Gasteiger partial charge in [-0.3, -0.25) is 0 Å². The van der Waals surface area contributed by atoms with Crippen LogP contribution < -0.4 is 0 Å². The molecular formula is C8H10Cl5F5. The minimum absolute atomic E-state index is 0.119. The molecule has 0 saturated heterocycles. The maximum absolute atomic E-state index is 11.5. The van der Waals surface area contributed by atoms with Gasteiger partial charge in [0.25, 0.3) is 5.92 Å². The van der Waals surface area contributed by atoms with Crippen LogP contribution in [0.2, 0.25) is 0 Å². The van der Waals surface area contributed by atoms with E-state index in [1.54, 1.807) is 6.92 Å². The first-order chi connectivity index (χ1) is 7.41. The van der Waals surface area contributed by atoms with Gasteiger partial charge in [-0.1, -0.05) is 34.8 Å². The summed E-state index contributed by atoms with van der Waals surface area (Å²) in [5.74, 6) is -3.64. The zero-order chi connectivity index (χ0) is 15.4. The lowest BCUT2D eigenvalue weighted by Gasteiger charge is -2.18. The maximum atomic E-state index is 11.5. The standard InChI is InChI=1S/C4H5Cl5.C4H5F5/c2*1-3(5,6)2-4(7,8)9/h2*2H2,1H3. The van der Waals surface area contributed by atoms with E-state index in [1.807, 2.05) is 0 Å². The van der Waals surface area contributed by atoms with Crippen molar-refractivity contribution in [1.29, 1.82) is 0 Å². The second-order valence-corrected chi connectivity index (χ2v) is 8.10. The van der Waals surface area contributed by atoms with Crippen molar-refractivity contribution in [3.63, 3.8) is 0 Å². The fourth-order valence-electron chi connectivity index (χ4n) is 0.704. The van der Waals surface area contributed by atoms with E-state index in [0.717, 1.165) is 0 Å². The highest BCUT2D eigenvalue weighted by atomic mass is 35.6. The van der Waals surface area contributed by atoms with E-state index < -0.39 is 26.6 Å². The Bertz CT molecular complexity index is 184. The molecule has 0 fully saturated rings. The van der Waals surface area contributed by atoms with Crippen LogP contribution in [0.3, 0.4) is 0 Å². The second-order valence-electron chi connectivity index (χ2n) is 3.72. The van der Waals surface area contributed by atoms with E-state index in [0.29, 0.717) is 0 Å². The number of hydrogen-bond acceptors (Lipinski definition) is 0. The van der Waals surface area contributed by atoms with Gasteiger partial charge >= 0.3 is 6.18 Å². The molecule has 0 aliphatic carbocycles. The van der Waals surface area contributed by atoms with Crippen LogP contribution in [0.25, 0.3) is 0 Å². The van der Waals surface area contributed by atoms with E-state index in [4.69, 9.17) is 58.0 Å². The molecule has 0 heterocycles. The van der Waals surface area contributed by atoms with Crippen LogP contribution in [0.1, 0.15) is 26.7 Å². The van der Waals surface area contributed by atoms with Crippen LogP contribution in [-0.4, -0.2) is 20.2 Å². The summed E-state index contributed by atoms with van der Waals surface area (Å²) in [4.78, 5) is 0. The number of rotatable bonds is 2. The molecule has 0 radical (unpaired) electrons. The van der Waals surface area contributed by atoms with Gasteiger partial charge in [-0.25, -0.2) is 8.78 Å². The Kier molecular flexibility index (Phi) is 8.57. The molecule has 0 aromatic rings. The Morgan fingerprint density at radius 3 is 1.06 bits per heavy atom. The Morgan fingerprint density at radius 2 is 1.06 bits per heavy atom. The summed E-state index contributed by atoms with van der Waals surface area (Å²) in [6.45, 7) is 1.80. The lowest BCUT2D eigenvalue weighted by atomic mass is 10.3. The van der Waals surface area contributed by atoms with Gasteiger partial charge in [0.15, 0.2) is 3.79 Å². The highest BCUT2D eigenvalue weighted by Gasteiger charge is 2.39. The number of halogens is 10. The smallest absolute Gasteiger partial charge is 0.207 e. The highest BCUT2D eigenvalue weighted by molar-refractivity contribution is 6.68. The normalized spacial score (nSPS) is 14.0. The first-order valence-corrected chi connectivity index (χ1v) is 6.19. The van der Waals surface area contributed by atoms with Crippen LogP contribution in [-0.2, 0) is 0 Å². The Balaban J connectivity index is 0. The van der Waals surface area contributed by atoms with Gasteiger partial charge in [-0.15, -0.1) is 23.2 Å². The van der Waals surface area contributed by atoms with Crippen LogP contribution in [0, 0.1) is 0 Å². The first-order valence-electron chi connectivity index (χ1n) is 4.30. The van der Waals surface area contributed by atoms with Gasteiger partial charge in [0, 0.05) is 6.42 Å². The van der Waals surface area contributed by atoms with Crippen molar-refractivity contribution in [3.05, 3.63) is 0 Å². The topological polar surface area (TPSA) is 0 Å². The Morgan fingerprint density at radius 1 is 0.722 bits per heavy atom. The summed E-state index contributed by atoms with van der Waals surface area (Å²) >= 11 is 27.2. The van der Waals surface area contributed by atoms with E-state index in [-0.39, 0.29) is 13.3 Å². The van der Waals surface area contributed by atoms with E-state index in [2.05, 4.69) is 0 Å². The van der Waals surface area contributed by atoms with E-state index >= 15 is 0 Å². The van der Waals surface area contributed by atoms with Crippen molar-refractivity contribution < 1.29 is 22.0 Å². The van der Waals surface area contributed by atoms with Crippen LogP contribution >= 0.6 is 58.0 Å². The lowest BCUT2D eigenvalue weighted by Crippen LogP contribution is -2.21. The van der Waals surface area contributed by atoms with Crippen molar-refractivity contribution in [3.8, 4) is 0 Å². The molecule has 0 nitrogen and oxygen atoms in total. The minimum atomic E-state index is -4.77. The van der Waals surface area contributed by atoms with Gasteiger partial charge < -0.3 is 0 Å². The van der Waals surface area contributed by atoms with Crippen molar-refractivity contribution in [1.82, 2.24) is 0 Å². The molecule has 0 bridgehead atoms. The zero-order valence-corrected chi connectivity index (χ0v) is 13.0. The third kappa shape index (κ3) is 25.8. The SMILES string of the molecule is CC(Cl)(Cl)CC(Cl)(Cl)Cl.CC(F)(F)CC(F)(F)F. The Hall–Kier alpha value is 1.10. The molecule has 112 valence electrons. The van der Waals surface area contributed by atoms with Crippen molar-refractivity contribution in [2.24, 2.45) is 0 Å². The van der Waals surface area contributed by atoms with Crippen molar-refractivity contribution in [2.75, 3.05) is 0 Å². The molecule has 0 aromatic carbocycles. The van der Waals surface area contributed by atoms with E-state index in [1.165, 1.54) is 0 Å². The van der Waals surface area contributed by atoms with Crippen LogP contribution in [0.15, 0.2) is 0 Å². The molecule has 18 heavy (non-hydrogen) atoms. The number of hydrogen-bond donors (Lipinski definition) is 0. The van der Waals surface area contributed by atoms with Gasteiger partial charge in [0.05, 0.1) is 0 Å². The Labute approximate surface area is 127 Å². The van der Waals surface area contributed by atoms with E-state index in [9.17, 15) is 22.0 Å². The minimum Gasteiger partial charge on any atom is -0.207 e. The first kappa shape index (κ1) is 21.4. The molecule has 0 unspecified atom stereocenters. The molecule has 0 spiro atoms. The summed E-state index contributed by atoms with van der Waals surface area (Å²) in [5, 5.41) is 0. The predicted molar refractivity (Wildman–Crippen MR) is 66.3 cm³/mol. The van der Waals surface area contributed by atoms with Crippen molar-refractivity contribution in [2.45, 2.75) is 46.9 Å². The number of alkyl halides is 10. The van der Waals surface area contributed by atoms with Crippen LogP contribution in [0.5, 0.6) is 0 Å². The summed E-state index contributed by atoms with van der Waals surface area (Å²) in [6.07, 6.45) is -6.69. The molecule has 0 amide bonds. The average molecular weight is 378 g/mol.